The highest BCUT2D eigenvalue weighted by Gasteiger charge is 2.26. The molecule has 0 saturated heterocycles. The number of carbonyl (C=O) groups excluding carboxylic acids is 3. The number of nitrogens with one attached hydrogen (secondary N) is 1. The third-order valence-electron chi connectivity index (χ3n) is 8.12. The molecule has 2 amide bonds. The van der Waals surface area contributed by atoms with Crippen molar-refractivity contribution in [1.29, 1.82) is 0 Å². The van der Waals surface area contributed by atoms with Crippen LogP contribution in [-0.4, -0.2) is 39.1 Å². The van der Waals surface area contributed by atoms with Gasteiger partial charge in [-0.25, -0.2) is 0 Å². The highest BCUT2D eigenvalue weighted by atomic mass is 16.2. The highest BCUT2D eigenvalue weighted by Crippen LogP contribution is 2.36. The van der Waals surface area contributed by atoms with E-state index in [1.165, 1.54) is 27.6 Å². The number of rotatable bonds is 4. The van der Waals surface area contributed by atoms with Crippen LogP contribution >= 0.6 is 0 Å². The first-order chi connectivity index (χ1) is 20.8. The molecule has 0 aliphatic heterocycles. The minimum absolute atomic E-state index is 0.0953. The summed E-state index contributed by atoms with van der Waals surface area (Å²) in [5.74, 6) is -1.27. The Morgan fingerprint density at radius 3 is 2.05 bits per heavy atom. The normalized spacial score (nSPS) is 11.8. The quantitative estimate of drug-likeness (QED) is 0.167. The number of Topliss-reactive ketones (excluding diaryl/α,β-unsaturated/α-hetero) is 1. The maximum atomic E-state index is 12.6. The van der Waals surface area contributed by atoms with Gasteiger partial charge in [0.2, 0.25) is 0 Å². The predicted molar refractivity (Wildman–Crippen MR) is 178 cm³/mol. The zero-order valence-corrected chi connectivity index (χ0v) is 26.9. The Hall–Kier alpha value is -4.93. The molecule has 2 heterocycles. The van der Waals surface area contributed by atoms with Crippen LogP contribution in [0.2, 0.25) is 0 Å². The number of H-pyrrole nitrogens is 1. The van der Waals surface area contributed by atoms with Crippen molar-refractivity contribution in [2.24, 2.45) is 40.0 Å². The largest absolute Gasteiger partial charge is 0.370 e. The van der Waals surface area contributed by atoms with E-state index in [0.29, 0.717) is 29.8 Å². The number of nitrogens with zero attached hydrogens (tertiary/aromatic N) is 3. The van der Waals surface area contributed by atoms with Crippen LogP contribution in [0.3, 0.4) is 0 Å². The summed E-state index contributed by atoms with van der Waals surface area (Å²) in [7, 11) is 1.91. The maximum absolute atomic E-state index is 12.6. The van der Waals surface area contributed by atoms with Crippen LogP contribution in [-0.2, 0) is 19.9 Å². The second-order valence-corrected chi connectivity index (χ2v) is 10.7. The summed E-state index contributed by atoms with van der Waals surface area (Å²) >= 11 is 0. The van der Waals surface area contributed by atoms with Crippen molar-refractivity contribution in [3.8, 4) is 0 Å². The van der Waals surface area contributed by atoms with Crippen LogP contribution in [0.4, 0.5) is 0 Å². The number of benzene rings is 2. The van der Waals surface area contributed by atoms with Gasteiger partial charge in [0, 0.05) is 35.3 Å². The molecule has 1 aliphatic rings. The third-order valence-corrected chi connectivity index (χ3v) is 8.12. The number of ketones is 1. The molecule has 2 aromatic carbocycles. The van der Waals surface area contributed by atoms with Gasteiger partial charge in [-0.1, -0.05) is 39.3 Å². The molecule has 234 valence electrons. The van der Waals surface area contributed by atoms with Crippen LogP contribution in [0.5, 0.6) is 0 Å². The van der Waals surface area contributed by atoms with Gasteiger partial charge in [0.05, 0.1) is 5.52 Å². The lowest BCUT2D eigenvalue weighted by Crippen LogP contribution is -2.25. The minimum atomic E-state index is -0.508. The number of guanidine groups is 2. The molecular weight excluding hydrogens is 556 g/mol. The Bertz CT molecular complexity index is 1830. The first-order valence-electron chi connectivity index (χ1n) is 14.8. The van der Waals surface area contributed by atoms with E-state index in [4.69, 9.17) is 22.9 Å². The number of aromatic nitrogens is 2. The Labute approximate surface area is 257 Å². The van der Waals surface area contributed by atoms with Crippen LogP contribution in [0.1, 0.15) is 98.3 Å². The lowest BCUT2D eigenvalue weighted by molar-refractivity contribution is 0.0972. The first kappa shape index (κ1) is 33.6. The Morgan fingerprint density at radius 2 is 1.45 bits per heavy atom. The molecule has 1 aliphatic carbocycles. The van der Waals surface area contributed by atoms with Crippen molar-refractivity contribution < 1.29 is 14.4 Å². The fourth-order valence-electron chi connectivity index (χ4n) is 5.98. The van der Waals surface area contributed by atoms with Crippen molar-refractivity contribution in [1.82, 2.24) is 9.55 Å². The summed E-state index contributed by atoms with van der Waals surface area (Å²) in [4.78, 5) is 46.7. The second-order valence-electron chi connectivity index (χ2n) is 10.7. The molecule has 0 atom stereocenters. The van der Waals surface area contributed by atoms with E-state index in [1.54, 1.807) is 12.1 Å². The number of carbonyl (C=O) groups is 3. The van der Waals surface area contributed by atoms with Crippen LogP contribution < -0.4 is 22.9 Å². The monoisotopic (exact) mass is 600 g/mol. The summed E-state index contributed by atoms with van der Waals surface area (Å²) in [6, 6.07) is 5.39. The van der Waals surface area contributed by atoms with Crippen LogP contribution in [0.15, 0.2) is 28.2 Å². The molecule has 11 heteroatoms. The lowest BCUT2D eigenvalue weighted by atomic mass is 9.90. The Kier molecular flexibility index (Phi) is 10.4. The van der Waals surface area contributed by atoms with Crippen molar-refractivity contribution in [3.05, 3.63) is 68.5 Å². The van der Waals surface area contributed by atoms with Gasteiger partial charge in [-0.2, -0.15) is 9.98 Å². The number of hydrogen-bond acceptors (Lipinski definition) is 3. The molecule has 2 aromatic heterocycles. The molecule has 4 aromatic rings. The van der Waals surface area contributed by atoms with Gasteiger partial charge < -0.3 is 32.5 Å². The molecule has 44 heavy (non-hydrogen) atoms. The summed E-state index contributed by atoms with van der Waals surface area (Å²) in [6.45, 7) is 14.6. The molecule has 0 fully saturated rings. The van der Waals surface area contributed by atoms with Crippen LogP contribution in [0.25, 0.3) is 21.8 Å². The second kappa shape index (κ2) is 13.6. The summed E-state index contributed by atoms with van der Waals surface area (Å²) in [5.41, 5.74) is 31.5. The summed E-state index contributed by atoms with van der Waals surface area (Å²) < 4.78 is 1.95. The third kappa shape index (κ3) is 6.08. The standard InChI is InChI=1S/C18H26N4O.C13H12N4O2.C2H6/c1-7-8-13-14-11(4)9(2)10(3)12(5)15(14)22(6)16(13)17(23)21-18(19)20;14-13(15)17-12(19)11-7-4-5-9(18)6-2-1-3-8(16-11)10(6)7;1-2/h7-8H2,1-6H3,(H4,19,20,21,23);1-3,16H,4-5H2,(H4,14,15,17,19);1-2H3. The molecule has 0 bridgehead atoms. The molecular formula is C33H44N8O3. The van der Waals surface area contributed by atoms with Crippen molar-refractivity contribution >= 4 is 51.3 Å². The van der Waals surface area contributed by atoms with Gasteiger partial charge in [-0.15, -0.1) is 0 Å². The zero-order valence-electron chi connectivity index (χ0n) is 26.9. The lowest BCUT2D eigenvalue weighted by Gasteiger charge is -2.13. The van der Waals surface area contributed by atoms with Gasteiger partial charge >= 0.3 is 0 Å². The van der Waals surface area contributed by atoms with E-state index >= 15 is 0 Å². The number of nitrogens with two attached hydrogens (primary N) is 4. The molecule has 0 spiro atoms. The molecule has 11 nitrogen and oxygen atoms in total. The highest BCUT2D eigenvalue weighted by molar-refractivity contribution is 6.14. The summed E-state index contributed by atoms with van der Waals surface area (Å²) in [6.07, 6.45) is 2.69. The SMILES string of the molecule is CC.CCCc1c(C(=O)N=C(N)N)n(C)c2c(C)c(C)c(C)c(C)c12.NC(N)=NC(=O)c1[nH]c2cccc3c2c1CCC3=O. The average Bonchev–Trinajstić information content (AvgIpc) is 3.49. The molecule has 9 N–H and O–H groups in total. The fraction of sp³-hybridized carbons (Fsp3) is 0.364. The zero-order chi connectivity index (χ0) is 33.0. The Balaban J connectivity index is 0.000000231. The van der Waals surface area contributed by atoms with Gasteiger partial charge in [0.25, 0.3) is 11.8 Å². The predicted octanol–water partition coefficient (Wildman–Crippen LogP) is 4.51. The first-order valence-corrected chi connectivity index (χ1v) is 14.8. The summed E-state index contributed by atoms with van der Waals surface area (Å²) in [5, 5.41) is 1.98. The number of aryl methyl sites for hydroxylation is 5. The van der Waals surface area contributed by atoms with Gasteiger partial charge in [-0.3, -0.25) is 14.4 Å². The molecule has 0 unspecified atom stereocenters. The smallest absolute Gasteiger partial charge is 0.297 e. The topological polar surface area (TPSA) is 201 Å². The van der Waals surface area contributed by atoms with Gasteiger partial charge in [0.1, 0.15) is 11.4 Å². The molecule has 0 radical (unpaired) electrons. The minimum Gasteiger partial charge on any atom is -0.370 e. The van der Waals surface area contributed by atoms with E-state index < -0.39 is 5.91 Å². The van der Waals surface area contributed by atoms with E-state index in [0.717, 1.165) is 40.4 Å². The Morgan fingerprint density at radius 1 is 0.864 bits per heavy atom. The number of hydrogen-bond donors (Lipinski definition) is 5. The van der Waals surface area contributed by atoms with Crippen molar-refractivity contribution in [2.75, 3.05) is 0 Å². The molecule has 0 saturated carbocycles. The van der Waals surface area contributed by atoms with Gasteiger partial charge in [-0.05, 0) is 80.0 Å². The average molecular weight is 601 g/mol. The number of aliphatic imine (C=N–C) groups is 2. The van der Waals surface area contributed by atoms with E-state index in [1.807, 2.05) is 31.5 Å². The molecule has 5 rings (SSSR count). The number of fused-ring (bicyclic) bond motifs is 1. The van der Waals surface area contributed by atoms with E-state index in [2.05, 4.69) is 49.6 Å². The number of amides is 2. The maximum Gasteiger partial charge on any atom is 0.297 e. The fourth-order valence-corrected chi connectivity index (χ4v) is 5.98. The van der Waals surface area contributed by atoms with Gasteiger partial charge in [0.15, 0.2) is 17.7 Å². The number of aromatic amines is 1. The van der Waals surface area contributed by atoms with Crippen molar-refractivity contribution in [3.63, 3.8) is 0 Å². The van der Waals surface area contributed by atoms with Crippen molar-refractivity contribution in [2.45, 2.75) is 74.1 Å². The van der Waals surface area contributed by atoms with E-state index in [-0.39, 0.29) is 23.6 Å². The van der Waals surface area contributed by atoms with Crippen LogP contribution in [0, 0.1) is 27.7 Å². The van der Waals surface area contributed by atoms with E-state index in [9.17, 15) is 14.4 Å².